The second-order valence-corrected chi connectivity index (χ2v) is 5.59. The molecule has 2 aromatic heterocycles. The third-order valence-electron chi connectivity index (χ3n) is 3.80. The van der Waals surface area contributed by atoms with Gasteiger partial charge < -0.3 is 10.0 Å². The minimum Gasteiger partial charge on any atom is -0.390 e. The van der Waals surface area contributed by atoms with E-state index in [0.717, 1.165) is 6.07 Å². The van der Waals surface area contributed by atoms with Gasteiger partial charge in [-0.25, -0.2) is 9.50 Å². The number of piperidine rings is 1. The summed E-state index contributed by atoms with van der Waals surface area (Å²) < 4.78 is 39.5. The molecule has 3 rings (SSSR count). The zero-order valence-corrected chi connectivity index (χ0v) is 11.4. The van der Waals surface area contributed by atoms with Crippen LogP contribution in [0.5, 0.6) is 0 Å². The van der Waals surface area contributed by atoms with Crippen LogP contribution >= 0.6 is 0 Å². The monoisotopic (exact) mass is 300 g/mol. The lowest BCUT2D eigenvalue weighted by atomic mass is 9.94. The lowest BCUT2D eigenvalue weighted by Crippen LogP contribution is -2.42. The summed E-state index contributed by atoms with van der Waals surface area (Å²) in [5.41, 5.74) is -1.33. The second-order valence-electron chi connectivity index (χ2n) is 5.59. The number of nitrogens with zero attached hydrogens (tertiary/aromatic N) is 4. The maximum absolute atomic E-state index is 12.8. The van der Waals surface area contributed by atoms with Crippen molar-refractivity contribution >= 4 is 11.3 Å². The Morgan fingerprint density at radius 1 is 1.29 bits per heavy atom. The van der Waals surface area contributed by atoms with E-state index < -0.39 is 17.5 Å². The molecule has 1 aliphatic heterocycles. The molecule has 0 radical (unpaired) electrons. The van der Waals surface area contributed by atoms with E-state index in [-0.39, 0.29) is 0 Å². The first-order valence-electron chi connectivity index (χ1n) is 6.65. The molecule has 0 saturated carbocycles. The molecular formula is C13H15F3N4O. The van der Waals surface area contributed by atoms with Crippen molar-refractivity contribution in [1.82, 2.24) is 14.6 Å². The lowest BCUT2D eigenvalue weighted by molar-refractivity contribution is -0.141. The van der Waals surface area contributed by atoms with E-state index in [2.05, 4.69) is 10.1 Å². The molecule has 0 unspecified atom stereocenters. The van der Waals surface area contributed by atoms with Crippen LogP contribution in [0.4, 0.5) is 19.0 Å². The molecular weight excluding hydrogens is 285 g/mol. The Kier molecular flexibility index (Phi) is 3.09. The van der Waals surface area contributed by atoms with Gasteiger partial charge in [-0.3, -0.25) is 0 Å². The topological polar surface area (TPSA) is 53.7 Å². The predicted octanol–water partition coefficient (Wildman–Crippen LogP) is 2.10. The number of alkyl halides is 3. The minimum atomic E-state index is -4.48. The molecule has 0 bridgehead atoms. The minimum absolute atomic E-state index is 0.325. The number of anilines is 1. The van der Waals surface area contributed by atoms with Gasteiger partial charge in [-0.2, -0.15) is 18.3 Å². The highest BCUT2D eigenvalue weighted by atomic mass is 19.4. The smallest absolute Gasteiger partial charge is 0.390 e. The van der Waals surface area contributed by atoms with Crippen LogP contribution in [0.25, 0.3) is 5.52 Å². The van der Waals surface area contributed by atoms with Gasteiger partial charge in [-0.1, -0.05) is 0 Å². The third kappa shape index (κ3) is 2.67. The third-order valence-corrected chi connectivity index (χ3v) is 3.80. The molecule has 0 aromatic carbocycles. The van der Waals surface area contributed by atoms with Gasteiger partial charge in [0.1, 0.15) is 5.52 Å². The summed E-state index contributed by atoms with van der Waals surface area (Å²) in [5, 5.41) is 13.5. The summed E-state index contributed by atoms with van der Waals surface area (Å²) in [4.78, 5) is 6.07. The number of rotatable bonds is 1. The fraction of sp³-hybridized carbons (Fsp3) is 0.538. The van der Waals surface area contributed by atoms with Crippen molar-refractivity contribution in [2.24, 2.45) is 0 Å². The highest BCUT2D eigenvalue weighted by molar-refractivity contribution is 5.69. The average molecular weight is 300 g/mol. The highest BCUT2D eigenvalue weighted by Crippen LogP contribution is 2.32. The normalized spacial score (nSPS) is 19.2. The first-order chi connectivity index (χ1) is 9.76. The Hall–Kier alpha value is -1.83. The van der Waals surface area contributed by atoms with Gasteiger partial charge in [-0.15, -0.1) is 0 Å². The average Bonchev–Trinajstić information content (AvgIpc) is 2.82. The van der Waals surface area contributed by atoms with Crippen LogP contribution in [0.2, 0.25) is 0 Å². The predicted molar refractivity (Wildman–Crippen MR) is 70.1 cm³/mol. The van der Waals surface area contributed by atoms with E-state index in [4.69, 9.17) is 0 Å². The Balaban J connectivity index is 1.98. The Bertz CT molecular complexity index is 655. The van der Waals surface area contributed by atoms with Crippen LogP contribution in [-0.4, -0.2) is 38.4 Å². The number of hydrogen-bond donors (Lipinski definition) is 1. The molecule has 0 amide bonds. The molecule has 1 saturated heterocycles. The maximum Gasteiger partial charge on any atom is 0.435 e. The van der Waals surface area contributed by atoms with E-state index in [0.29, 0.717) is 37.3 Å². The summed E-state index contributed by atoms with van der Waals surface area (Å²) in [5.74, 6) is 0.469. The molecule has 8 heteroatoms. The first-order valence-corrected chi connectivity index (χ1v) is 6.65. The molecule has 0 atom stereocenters. The second kappa shape index (κ2) is 4.59. The van der Waals surface area contributed by atoms with Crippen molar-refractivity contribution in [3.8, 4) is 0 Å². The molecule has 5 nitrogen and oxygen atoms in total. The van der Waals surface area contributed by atoms with Crippen LogP contribution in [0, 0.1) is 0 Å². The van der Waals surface area contributed by atoms with E-state index in [1.165, 1.54) is 16.9 Å². The maximum atomic E-state index is 12.8. The van der Waals surface area contributed by atoms with E-state index in [1.807, 2.05) is 4.90 Å². The summed E-state index contributed by atoms with van der Waals surface area (Å²) in [6.45, 7) is 2.86. The SMILES string of the molecule is CC1(O)CCN(c2nccn3nc(C(F)(F)F)cc23)CC1. The molecule has 0 aliphatic carbocycles. The van der Waals surface area contributed by atoms with E-state index in [1.54, 1.807) is 6.92 Å². The van der Waals surface area contributed by atoms with Gasteiger partial charge in [0, 0.05) is 31.5 Å². The molecule has 114 valence electrons. The molecule has 1 N–H and O–H groups in total. The zero-order chi connectivity index (χ0) is 15.3. The zero-order valence-electron chi connectivity index (χ0n) is 11.4. The van der Waals surface area contributed by atoms with E-state index in [9.17, 15) is 18.3 Å². The van der Waals surface area contributed by atoms with Gasteiger partial charge in [0.15, 0.2) is 11.5 Å². The molecule has 3 heterocycles. The highest BCUT2D eigenvalue weighted by Gasteiger charge is 2.35. The number of halogens is 3. The van der Waals surface area contributed by atoms with Crippen molar-refractivity contribution in [3.05, 3.63) is 24.2 Å². The first kappa shape index (κ1) is 14.1. The van der Waals surface area contributed by atoms with Gasteiger partial charge in [-0.05, 0) is 19.8 Å². The van der Waals surface area contributed by atoms with Crippen molar-refractivity contribution in [2.75, 3.05) is 18.0 Å². The van der Waals surface area contributed by atoms with Crippen molar-refractivity contribution in [3.63, 3.8) is 0 Å². The fourth-order valence-electron chi connectivity index (χ4n) is 2.49. The molecule has 0 spiro atoms. The summed E-state index contributed by atoms with van der Waals surface area (Å²) in [6, 6.07) is 1.01. The Labute approximate surface area is 119 Å². The molecule has 21 heavy (non-hydrogen) atoms. The van der Waals surface area contributed by atoms with Crippen molar-refractivity contribution in [1.29, 1.82) is 0 Å². The number of fused-ring (bicyclic) bond motifs is 1. The van der Waals surface area contributed by atoms with Gasteiger partial charge in [0.25, 0.3) is 0 Å². The molecule has 1 fully saturated rings. The Morgan fingerprint density at radius 2 is 1.95 bits per heavy atom. The summed E-state index contributed by atoms with van der Waals surface area (Å²) >= 11 is 0. The number of aromatic nitrogens is 3. The van der Waals surface area contributed by atoms with Crippen LogP contribution in [-0.2, 0) is 6.18 Å². The van der Waals surface area contributed by atoms with Crippen molar-refractivity contribution in [2.45, 2.75) is 31.5 Å². The summed E-state index contributed by atoms with van der Waals surface area (Å²) in [6.07, 6.45) is -0.544. The standard InChI is InChI=1S/C13H15F3N4O/c1-12(21)2-5-19(6-3-12)11-9-8-10(13(14,15)16)18-20(9)7-4-17-11/h4,7-8,21H,2-3,5-6H2,1H3. The molecule has 2 aromatic rings. The quantitative estimate of drug-likeness (QED) is 0.876. The van der Waals surface area contributed by atoms with E-state index >= 15 is 0 Å². The van der Waals surface area contributed by atoms with Crippen LogP contribution in [0.3, 0.4) is 0 Å². The van der Waals surface area contributed by atoms with Crippen LogP contribution < -0.4 is 4.90 Å². The number of aliphatic hydroxyl groups is 1. The van der Waals surface area contributed by atoms with Crippen molar-refractivity contribution < 1.29 is 18.3 Å². The van der Waals surface area contributed by atoms with Gasteiger partial charge in [0.2, 0.25) is 0 Å². The van der Waals surface area contributed by atoms with Gasteiger partial charge in [0.05, 0.1) is 5.60 Å². The lowest BCUT2D eigenvalue weighted by Gasteiger charge is -2.36. The number of hydrogen-bond acceptors (Lipinski definition) is 4. The summed E-state index contributed by atoms with van der Waals surface area (Å²) in [7, 11) is 0. The molecule has 1 aliphatic rings. The largest absolute Gasteiger partial charge is 0.435 e. The fourth-order valence-corrected chi connectivity index (χ4v) is 2.49. The Morgan fingerprint density at radius 3 is 2.57 bits per heavy atom. The van der Waals surface area contributed by atoms with Crippen LogP contribution in [0.15, 0.2) is 18.5 Å². The van der Waals surface area contributed by atoms with Gasteiger partial charge >= 0.3 is 6.18 Å². The van der Waals surface area contributed by atoms with Crippen LogP contribution in [0.1, 0.15) is 25.5 Å².